The van der Waals surface area contributed by atoms with Crippen LogP contribution in [-0.4, -0.2) is 21.3 Å². The second-order valence-corrected chi connectivity index (χ2v) is 5.37. The molecule has 2 heterocycles. The summed E-state index contributed by atoms with van der Waals surface area (Å²) >= 11 is 0. The summed E-state index contributed by atoms with van der Waals surface area (Å²) in [7, 11) is 0. The Morgan fingerprint density at radius 2 is 1.95 bits per heavy atom. The van der Waals surface area contributed by atoms with E-state index in [1.54, 1.807) is 0 Å². The van der Waals surface area contributed by atoms with Crippen LogP contribution in [0.1, 0.15) is 50.5 Å². The van der Waals surface area contributed by atoms with Gasteiger partial charge in [0.1, 0.15) is 0 Å². The molecule has 0 aromatic carbocycles. The lowest BCUT2D eigenvalue weighted by atomic mass is 10.0. The normalized spacial score (nSPS) is 12.8. The Kier molecular flexibility index (Phi) is 5.30. The van der Waals surface area contributed by atoms with Crippen molar-refractivity contribution in [1.82, 2.24) is 20.1 Å². The fraction of sp³-hybridized carbons (Fsp3) is 0.500. The molecule has 0 amide bonds. The lowest BCUT2D eigenvalue weighted by Gasteiger charge is -2.18. The zero-order valence-electron chi connectivity index (χ0n) is 12.6. The molecule has 0 aliphatic heterocycles. The Hall–Kier alpha value is -1.68. The van der Waals surface area contributed by atoms with Crippen molar-refractivity contribution in [2.75, 3.05) is 6.54 Å². The van der Waals surface area contributed by atoms with Gasteiger partial charge in [-0.1, -0.05) is 6.92 Å². The summed E-state index contributed by atoms with van der Waals surface area (Å²) in [5.41, 5.74) is 2.40. The molecule has 20 heavy (non-hydrogen) atoms. The minimum absolute atomic E-state index is 0.300. The molecule has 0 bridgehead atoms. The summed E-state index contributed by atoms with van der Waals surface area (Å²) in [6, 6.07) is 6.97. The summed E-state index contributed by atoms with van der Waals surface area (Å²) in [4.78, 5) is 4.09. The number of hydrogen-bond donors (Lipinski definition) is 1. The Morgan fingerprint density at radius 3 is 2.55 bits per heavy atom. The molecule has 0 fully saturated rings. The standard InChI is InChI=1S/C16H24N4/c1-4-8-18-16(14-5-9-17-10-6-14)12-15-7-11-20(19-15)13(2)3/h5-7,9-11,13,16,18H,4,8,12H2,1-3H3. The van der Waals surface area contributed by atoms with Crippen molar-refractivity contribution >= 4 is 0 Å². The first-order valence-electron chi connectivity index (χ1n) is 7.38. The molecular weight excluding hydrogens is 248 g/mol. The molecule has 108 valence electrons. The largest absolute Gasteiger partial charge is 0.310 e. The average Bonchev–Trinajstić information content (AvgIpc) is 2.93. The second kappa shape index (κ2) is 7.20. The van der Waals surface area contributed by atoms with Crippen LogP contribution in [0.3, 0.4) is 0 Å². The van der Waals surface area contributed by atoms with E-state index in [1.807, 2.05) is 17.1 Å². The zero-order chi connectivity index (χ0) is 14.4. The molecule has 0 spiro atoms. The third kappa shape index (κ3) is 3.90. The third-order valence-electron chi connectivity index (χ3n) is 3.36. The van der Waals surface area contributed by atoms with Gasteiger partial charge < -0.3 is 5.32 Å². The highest BCUT2D eigenvalue weighted by Gasteiger charge is 2.13. The summed E-state index contributed by atoms with van der Waals surface area (Å²) in [5.74, 6) is 0. The van der Waals surface area contributed by atoms with E-state index in [9.17, 15) is 0 Å². The molecule has 0 saturated heterocycles. The molecule has 0 aliphatic rings. The molecule has 2 rings (SSSR count). The van der Waals surface area contributed by atoms with Crippen LogP contribution in [0, 0.1) is 0 Å². The van der Waals surface area contributed by atoms with E-state index >= 15 is 0 Å². The quantitative estimate of drug-likeness (QED) is 0.842. The summed E-state index contributed by atoms with van der Waals surface area (Å²) < 4.78 is 2.01. The van der Waals surface area contributed by atoms with Crippen molar-refractivity contribution in [1.29, 1.82) is 0 Å². The van der Waals surface area contributed by atoms with Crippen molar-refractivity contribution in [2.45, 2.75) is 45.7 Å². The van der Waals surface area contributed by atoms with Gasteiger partial charge in [-0.05, 0) is 50.6 Å². The van der Waals surface area contributed by atoms with Gasteiger partial charge in [-0.25, -0.2) is 0 Å². The second-order valence-electron chi connectivity index (χ2n) is 5.37. The summed E-state index contributed by atoms with van der Waals surface area (Å²) in [5, 5.41) is 8.24. The minimum Gasteiger partial charge on any atom is -0.310 e. The van der Waals surface area contributed by atoms with E-state index in [4.69, 9.17) is 0 Å². The van der Waals surface area contributed by atoms with Crippen LogP contribution in [0.4, 0.5) is 0 Å². The topological polar surface area (TPSA) is 42.7 Å². The third-order valence-corrected chi connectivity index (χ3v) is 3.36. The number of nitrogens with one attached hydrogen (secondary N) is 1. The number of nitrogens with zero attached hydrogens (tertiary/aromatic N) is 3. The highest BCUT2D eigenvalue weighted by Crippen LogP contribution is 2.17. The van der Waals surface area contributed by atoms with Gasteiger partial charge in [0.25, 0.3) is 0 Å². The maximum Gasteiger partial charge on any atom is 0.0643 e. The molecule has 0 radical (unpaired) electrons. The number of aromatic nitrogens is 3. The lowest BCUT2D eigenvalue weighted by molar-refractivity contribution is 0.499. The Balaban J connectivity index is 2.10. The van der Waals surface area contributed by atoms with E-state index in [0.29, 0.717) is 12.1 Å². The number of rotatable bonds is 7. The van der Waals surface area contributed by atoms with Crippen molar-refractivity contribution in [3.8, 4) is 0 Å². The zero-order valence-corrected chi connectivity index (χ0v) is 12.6. The van der Waals surface area contributed by atoms with E-state index in [-0.39, 0.29) is 0 Å². The monoisotopic (exact) mass is 272 g/mol. The van der Waals surface area contributed by atoms with E-state index < -0.39 is 0 Å². The lowest BCUT2D eigenvalue weighted by Crippen LogP contribution is -2.24. The Labute approximate surface area is 121 Å². The first kappa shape index (κ1) is 14.7. The van der Waals surface area contributed by atoms with Gasteiger partial charge in [-0.2, -0.15) is 5.10 Å². The minimum atomic E-state index is 0.300. The van der Waals surface area contributed by atoms with Gasteiger partial charge in [0.05, 0.1) is 5.69 Å². The van der Waals surface area contributed by atoms with Crippen LogP contribution in [0.2, 0.25) is 0 Å². The Bertz CT molecular complexity index is 504. The van der Waals surface area contributed by atoms with Crippen LogP contribution >= 0.6 is 0 Å². The predicted molar refractivity (Wildman–Crippen MR) is 81.6 cm³/mol. The maximum absolute atomic E-state index is 4.64. The fourth-order valence-electron chi connectivity index (χ4n) is 2.21. The number of hydrogen-bond acceptors (Lipinski definition) is 3. The molecular formula is C16H24N4. The smallest absolute Gasteiger partial charge is 0.0643 e. The average molecular weight is 272 g/mol. The van der Waals surface area contributed by atoms with Crippen molar-refractivity contribution in [3.05, 3.63) is 48.0 Å². The fourth-order valence-corrected chi connectivity index (χ4v) is 2.21. The molecule has 0 saturated carbocycles. The van der Waals surface area contributed by atoms with Crippen molar-refractivity contribution < 1.29 is 0 Å². The van der Waals surface area contributed by atoms with Crippen molar-refractivity contribution in [2.24, 2.45) is 0 Å². The highest BCUT2D eigenvalue weighted by molar-refractivity contribution is 5.18. The molecule has 4 heteroatoms. The molecule has 1 atom stereocenters. The molecule has 1 N–H and O–H groups in total. The van der Waals surface area contributed by atoms with Crippen LogP contribution < -0.4 is 5.32 Å². The van der Waals surface area contributed by atoms with Gasteiger partial charge >= 0.3 is 0 Å². The molecule has 1 unspecified atom stereocenters. The van der Waals surface area contributed by atoms with Crippen LogP contribution in [0.15, 0.2) is 36.8 Å². The van der Waals surface area contributed by atoms with Gasteiger partial charge in [-0.3, -0.25) is 9.67 Å². The van der Waals surface area contributed by atoms with Crippen LogP contribution in [-0.2, 0) is 6.42 Å². The summed E-state index contributed by atoms with van der Waals surface area (Å²) in [6.07, 6.45) is 7.79. The van der Waals surface area contributed by atoms with Gasteiger partial charge in [-0.15, -0.1) is 0 Å². The SMILES string of the molecule is CCCNC(Cc1ccn(C(C)C)n1)c1ccncc1. The predicted octanol–water partition coefficient (Wildman–Crippen LogP) is 3.14. The molecule has 2 aromatic rings. The maximum atomic E-state index is 4.64. The van der Waals surface area contributed by atoms with E-state index in [2.05, 4.69) is 60.6 Å². The molecule has 2 aromatic heterocycles. The first-order valence-corrected chi connectivity index (χ1v) is 7.38. The molecule has 4 nitrogen and oxygen atoms in total. The van der Waals surface area contributed by atoms with Crippen molar-refractivity contribution in [3.63, 3.8) is 0 Å². The first-order chi connectivity index (χ1) is 9.70. The molecule has 0 aliphatic carbocycles. The number of pyridine rings is 1. The summed E-state index contributed by atoms with van der Waals surface area (Å²) in [6.45, 7) is 7.49. The van der Waals surface area contributed by atoms with Crippen LogP contribution in [0.25, 0.3) is 0 Å². The van der Waals surface area contributed by atoms with Gasteiger partial charge in [0.2, 0.25) is 0 Å². The van der Waals surface area contributed by atoms with Gasteiger partial charge in [0.15, 0.2) is 0 Å². The Morgan fingerprint density at radius 1 is 1.20 bits per heavy atom. The van der Waals surface area contributed by atoms with E-state index in [1.165, 1.54) is 5.56 Å². The van der Waals surface area contributed by atoms with E-state index in [0.717, 1.165) is 25.1 Å². The van der Waals surface area contributed by atoms with Crippen LogP contribution in [0.5, 0.6) is 0 Å². The van der Waals surface area contributed by atoms with Gasteiger partial charge in [0, 0.05) is 37.1 Å². The highest BCUT2D eigenvalue weighted by atomic mass is 15.3.